The molecule has 0 aliphatic rings. The van der Waals surface area contributed by atoms with Crippen LogP contribution < -0.4 is 10.6 Å². The summed E-state index contributed by atoms with van der Waals surface area (Å²) in [5.41, 5.74) is 0.112. The first-order valence-corrected chi connectivity index (χ1v) is 5.73. The van der Waals surface area contributed by atoms with Gasteiger partial charge in [0.05, 0.1) is 5.69 Å². The van der Waals surface area contributed by atoms with E-state index in [0.717, 1.165) is 6.08 Å². The molecule has 102 valence electrons. The number of hydrogen-bond donors (Lipinski definition) is 3. The molecule has 0 aliphatic carbocycles. The van der Waals surface area contributed by atoms with Crippen LogP contribution in [-0.4, -0.2) is 27.6 Å². The Morgan fingerprint density at radius 2 is 2.00 bits per heavy atom. The van der Waals surface area contributed by atoms with Crippen molar-refractivity contribution in [3.63, 3.8) is 0 Å². The molecule has 1 aromatic heterocycles. The van der Waals surface area contributed by atoms with Crippen LogP contribution in [0.1, 0.15) is 26.5 Å². The molecule has 6 heteroatoms. The molecule has 0 spiro atoms. The number of nitrogens with zero attached hydrogens (tertiary/aromatic N) is 1. The highest BCUT2D eigenvalue weighted by molar-refractivity contribution is 5.89. The largest absolute Gasteiger partial charge is 0.478 e. The fourth-order valence-electron chi connectivity index (χ4n) is 1.26. The molecular weight excluding hydrogens is 246 g/mol. The minimum atomic E-state index is -1.05. The van der Waals surface area contributed by atoms with Gasteiger partial charge in [0.1, 0.15) is 5.82 Å². The summed E-state index contributed by atoms with van der Waals surface area (Å²) in [7, 11) is 0. The lowest BCUT2D eigenvalue weighted by Crippen LogP contribution is -2.43. The average Bonchev–Trinajstić information content (AvgIpc) is 2.24. The number of pyridine rings is 1. The van der Waals surface area contributed by atoms with Crippen LogP contribution in [0.5, 0.6) is 0 Å². The van der Waals surface area contributed by atoms with E-state index in [0.29, 0.717) is 11.5 Å². The van der Waals surface area contributed by atoms with E-state index in [9.17, 15) is 9.59 Å². The lowest BCUT2D eigenvalue weighted by atomic mass is 10.1. The minimum Gasteiger partial charge on any atom is -0.478 e. The highest BCUT2D eigenvalue weighted by Crippen LogP contribution is 2.07. The molecule has 0 unspecified atom stereocenters. The van der Waals surface area contributed by atoms with E-state index in [-0.39, 0.29) is 11.6 Å². The predicted octanol–water partition coefficient (Wildman–Crippen LogP) is 2.10. The van der Waals surface area contributed by atoms with E-state index in [1.54, 1.807) is 18.2 Å². The zero-order valence-electron chi connectivity index (χ0n) is 11.1. The quantitative estimate of drug-likeness (QED) is 0.728. The van der Waals surface area contributed by atoms with Gasteiger partial charge in [-0.1, -0.05) is 6.07 Å². The number of aliphatic carboxylic acids is 1. The van der Waals surface area contributed by atoms with Crippen LogP contribution in [-0.2, 0) is 4.79 Å². The third kappa shape index (κ3) is 6.21. The number of carbonyl (C=O) groups excluding carboxylic acids is 1. The van der Waals surface area contributed by atoms with Gasteiger partial charge >= 0.3 is 12.0 Å². The maximum Gasteiger partial charge on any atom is 0.328 e. The number of amides is 2. The summed E-state index contributed by atoms with van der Waals surface area (Å²) in [4.78, 5) is 26.1. The highest BCUT2D eigenvalue weighted by Gasteiger charge is 2.13. The first-order valence-electron chi connectivity index (χ1n) is 5.73. The summed E-state index contributed by atoms with van der Waals surface area (Å²) in [6.45, 7) is 5.60. The summed E-state index contributed by atoms with van der Waals surface area (Å²) < 4.78 is 0. The average molecular weight is 263 g/mol. The second-order valence-electron chi connectivity index (χ2n) is 4.95. The third-order valence-electron chi connectivity index (χ3n) is 1.90. The van der Waals surface area contributed by atoms with Crippen molar-refractivity contribution < 1.29 is 14.7 Å². The topological polar surface area (TPSA) is 91.3 Å². The summed E-state index contributed by atoms with van der Waals surface area (Å²) in [5.74, 6) is -0.695. The van der Waals surface area contributed by atoms with Gasteiger partial charge < -0.3 is 10.4 Å². The molecule has 0 radical (unpaired) electrons. The molecule has 2 amide bonds. The molecule has 0 atom stereocenters. The number of rotatable bonds is 3. The van der Waals surface area contributed by atoms with E-state index in [1.807, 2.05) is 20.8 Å². The Kier molecular flexibility index (Phi) is 4.63. The Balaban J connectivity index is 2.72. The second kappa shape index (κ2) is 5.99. The Hall–Kier alpha value is -2.37. The summed E-state index contributed by atoms with van der Waals surface area (Å²) in [6.07, 6.45) is 2.34. The van der Waals surface area contributed by atoms with Crippen LogP contribution in [0, 0.1) is 0 Å². The van der Waals surface area contributed by atoms with Gasteiger partial charge in [-0.2, -0.15) is 0 Å². The van der Waals surface area contributed by atoms with Gasteiger partial charge in [-0.15, -0.1) is 0 Å². The Morgan fingerprint density at radius 3 is 2.58 bits per heavy atom. The smallest absolute Gasteiger partial charge is 0.328 e. The molecule has 1 rings (SSSR count). The number of aromatic nitrogens is 1. The fourth-order valence-corrected chi connectivity index (χ4v) is 1.26. The Labute approximate surface area is 111 Å². The first kappa shape index (κ1) is 14.7. The highest BCUT2D eigenvalue weighted by atomic mass is 16.4. The molecule has 19 heavy (non-hydrogen) atoms. The van der Waals surface area contributed by atoms with E-state index >= 15 is 0 Å². The lowest BCUT2D eigenvalue weighted by Gasteiger charge is -2.20. The molecule has 0 saturated heterocycles. The molecule has 0 aromatic carbocycles. The van der Waals surface area contributed by atoms with Crippen LogP contribution in [0.4, 0.5) is 10.6 Å². The molecule has 0 fully saturated rings. The van der Waals surface area contributed by atoms with Crippen molar-refractivity contribution >= 4 is 23.9 Å². The number of urea groups is 1. The predicted molar refractivity (Wildman–Crippen MR) is 72.8 cm³/mol. The van der Waals surface area contributed by atoms with Crippen molar-refractivity contribution in [1.82, 2.24) is 10.3 Å². The third-order valence-corrected chi connectivity index (χ3v) is 1.90. The van der Waals surface area contributed by atoms with Crippen LogP contribution in [0.2, 0.25) is 0 Å². The monoisotopic (exact) mass is 263 g/mol. The van der Waals surface area contributed by atoms with Crippen molar-refractivity contribution in [3.05, 3.63) is 30.0 Å². The van der Waals surface area contributed by atoms with Crippen molar-refractivity contribution in [2.45, 2.75) is 26.3 Å². The number of carbonyl (C=O) groups is 2. The number of carboxylic acids is 1. The number of hydrogen-bond acceptors (Lipinski definition) is 3. The second-order valence-corrected chi connectivity index (χ2v) is 4.95. The summed E-state index contributed by atoms with van der Waals surface area (Å²) >= 11 is 0. The van der Waals surface area contributed by atoms with Gasteiger partial charge in [0.2, 0.25) is 0 Å². The Morgan fingerprint density at radius 1 is 1.32 bits per heavy atom. The number of anilines is 1. The van der Waals surface area contributed by atoms with Gasteiger partial charge in [0.15, 0.2) is 0 Å². The normalized spacial score (nSPS) is 11.3. The molecule has 0 aliphatic heterocycles. The molecule has 1 heterocycles. The van der Waals surface area contributed by atoms with E-state index in [1.165, 1.54) is 6.08 Å². The molecule has 0 saturated carbocycles. The summed E-state index contributed by atoms with van der Waals surface area (Å²) in [5, 5.41) is 13.8. The standard InChI is InChI=1S/C13H17N3O3/c1-13(2,3)16-12(19)15-10-6-4-5-9(14-10)7-8-11(17)18/h4-8H,1-3H3,(H,17,18)(H2,14,15,16,19)/b8-7+. The van der Waals surface area contributed by atoms with Crippen LogP contribution >= 0.6 is 0 Å². The van der Waals surface area contributed by atoms with Crippen molar-refractivity contribution in [2.75, 3.05) is 5.32 Å². The zero-order chi connectivity index (χ0) is 14.5. The van der Waals surface area contributed by atoms with Crippen molar-refractivity contribution in [3.8, 4) is 0 Å². The van der Waals surface area contributed by atoms with Gasteiger partial charge in [0.25, 0.3) is 0 Å². The van der Waals surface area contributed by atoms with Gasteiger partial charge in [-0.25, -0.2) is 14.6 Å². The van der Waals surface area contributed by atoms with E-state index in [4.69, 9.17) is 5.11 Å². The first-order chi connectivity index (χ1) is 8.76. The SMILES string of the molecule is CC(C)(C)NC(=O)Nc1cccc(/C=C/C(=O)O)n1. The Bertz CT molecular complexity index is 504. The minimum absolute atomic E-state index is 0.342. The molecule has 6 nitrogen and oxygen atoms in total. The maximum absolute atomic E-state index is 11.6. The van der Waals surface area contributed by atoms with Gasteiger partial charge in [-0.05, 0) is 39.0 Å². The number of carboxylic acid groups (broad SMARTS) is 1. The lowest BCUT2D eigenvalue weighted by molar-refractivity contribution is -0.131. The summed E-state index contributed by atoms with van der Waals surface area (Å²) in [6, 6.07) is 4.59. The van der Waals surface area contributed by atoms with Gasteiger partial charge in [0, 0.05) is 11.6 Å². The molecule has 1 aromatic rings. The van der Waals surface area contributed by atoms with Gasteiger partial charge in [-0.3, -0.25) is 5.32 Å². The van der Waals surface area contributed by atoms with Crippen LogP contribution in [0.15, 0.2) is 24.3 Å². The zero-order valence-corrected chi connectivity index (χ0v) is 11.1. The molecule has 0 bridgehead atoms. The van der Waals surface area contributed by atoms with E-state index < -0.39 is 5.97 Å². The van der Waals surface area contributed by atoms with Crippen molar-refractivity contribution in [1.29, 1.82) is 0 Å². The molecule has 3 N–H and O–H groups in total. The fraction of sp³-hybridized carbons (Fsp3) is 0.308. The van der Waals surface area contributed by atoms with Crippen LogP contribution in [0.25, 0.3) is 6.08 Å². The van der Waals surface area contributed by atoms with Crippen LogP contribution in [0.3, 0.4) is 0 Å². The van der Waals surface area contributed by atoms with Crippen molar-refractivity contribution in [2.24, 2.45) is 0 Å². The van der Waals surface area contributed by atoms with E-state index in [2.05, 4.69) is 15.6 Å². The maximum atomic E-state index is 11.6. The molecular formula is C13H17N3O3. The number of nitrogens with one attached hydrogen (secondary N) is 2.